The van der Waals surface area contributed by atoms with Gasteiger partial charge >= 0.3 is 0 Å². The maximum Gasteiger partial charge on any atom is 0.225 e. The zero-order valence-electron chi connectivity index (χ0n) is 19.5. The molecule has 1 amide bonds. The van der Waals surface area contributed by atoms with Gasteiger partial charge in [0, 0.05) is 43.2 Å². The number of hydrogen-bond donors (Lipinski definition) is 1. The number of fused-ring (bicyclic) bond motifs is 3. The van der Waals surface area contributed by atoms with Crippen molar-refractivity contribution in [2.75, 3.05) is 13.1 Å². The number of aryl methyl sites for hydroxylation is 1. The van der Waals surface area contributed by atoms with E-state index in [0.717, 1.165) is 46.6 Å². The number of carbonyl (C=O) groups excluding carboxylic acids is 1. The third kappa shape index (κ3) is 4.12. The van der Waals surface area contributed by atoms with Crippen LogP contribution in [0.3, 0.4) is 0 Å². The predicted molar refractivity (Wildman–Crippen MR) is 137 cm³/mol. The molecule has 0 bridgehead atoms. The van der Waals surface area contributed by atoms with Gasteiger partial charge in [0.15, 0.2) is 5.65 Å². The number of benzene rings is 1. The molecule has 178 valence electrons. The topological polar surface area (TPSA) is 91.6 Å². The Kier molecular flexibility index (Phi) is 5.40. The molecule has 9 heteroatoms. The molecule has 0 radical (unpaired) electrons. The van der Waals surface area contributed by atoms with Crippen LogP contribution in [-0.2, 0) is 11.3 Å². The number of rotatable bonds is 7. The number of nitrogens with one attached hydrogen (secondary N) is 1. The molecule has 1 aromatic carbocycles. The van der Waals surface area contributed by atoms with Crippen molar-refractivity contribution in [3.05, 3.63) is 64.6 Å². The van der Waals surface area contributed by atoms with Gasteiger partial charge in [-0.05, 0) is 55.7 Å². The van der Waals surface area contributed by atoms with Crippen LogP contribution < -0.4 is 0 Å². The van der Waals surface area contributed by atoms with Gasteiger partial charge in [-0.1, -0.05) is 23.7 Å². The lowest BCUT2D eigenvalue weighted by atomic mass is 10.1. The van der Waals surface area contributed by atoms with Crippen molar-refractivity contribution in [1.82, 2.24) is 24.1 Å². The van der Waals surface area contributed by atoms with E-state index in [0.29, 0.717) is 36.8 Å². The number of carbonyl (C=O) groups is 1. The third-order valence-corrected chi connectivity index (χ3v) is 7.08. The summed E-state index contributed by atoms with van der Waals surface area (Å²) in [5.41, 5.74) is 5.13. The number of halogens is 1. The molecule has 0 unspecified atom stereocenters. The zero-order chi connectivity index (χ0) is 24.1. The van der Waals surface area contributed by atoms with Crippen LogP contribution in [0.5, 0.6) is 0 Å². The highest BCUT2D eigenvalue weighted by Crippen LogP contribution is 2.32. The van der Waals surface area contributed by atoms with Crippen LogP contribution in [0.15, 0.2) is 47.5 Å². The lowest BCUT2D eigenvalue weighted by Crippen LogP contribution is -2.53. The SMILES string of the molecule is Cc1nnc2ccc3c(cc(C(=N)CC=NC4CN(C(=O)C5CC5)C4)n3Cc3cccc(Cl)c3)n12. The molecule has 0 spiro atoms. The van der Waals surface area contributed by atoms with Crippen LogP contribution in [-0.4, -0.2) is 61.0 Å². The van der Waals surface area contributed by atoms with E-state index in [9.17, 15) is 4.79 Å². The smallest absolute Gasteiger partial charge is 0.225 e. The number of likely N-dealkylation sites (tertiary alicyclic amines) is 1. The second-order valence-electron chi connectivity index (χ2n) is 9.48. The fourth-order valence-corrected chi connectivity index (χ4v) is 5.01. The van der Waals surface area contributed by atoms with Crippen LogP contribution in [0.25, 0.3) is 16.7 Å². The molecule has 35 heavy (non-hydrogen) atoms. The molecule has 1 saturated heterocycles. The van der Waals surface area contributed by atoms with Crippen LogP contribution in [0.2, 0.25) is 5.02 Å². The summed E-state index contributed by atoms with van der Waals surface area (Å²) in [5, 5.41) is 18.0. The summed E-state index contributed by atoms with van der Waals surface area (Å²) in [4.78, 5) is 18.6. The molecular formula is C26H26ClN7O. The van der Waals surface area contributed by atoms with Gasteiger partial charge in [-0.3, -0.25) is 14.2 Å². The molecule has 1 aliphatic carbocycles. The van der Waals surface area contributed by atoms with Crippen LogP contribution >= 0.6 is 11.6 Å². The standard InChI is InChI=1S/C26H26ClN7O/c1-16-30-31-25-8-7-22-24(34(16)25)12-23(33(22)13-17-3-2-4-19(27)11-17)21(28)9-10-29-20-14-32(15-20)26(35)18-5-6-18/h2-4,7-8,10-12,18,20,28H,5-6,9,13-15H2,1H3. The summed E-state index contributed by atoms with van der Waals surface area (Å²) in [6, 6.07) is 14.0. The van der Waals surface area contributed by atoms with Crippen LogP contribution in [0, 0.1) is 18.3 Å². The Labute approximate surface area is 207 Å². The number of pyridine rings is 1. The Morgan fingerprint density at radius 1 is 1.17 bits per heavy atom. The van der Waals surface area contributed by atoms with Crippen molar-refractivity contribution in [3.8, 4) is 0 Å². The van der Waals surface area contributed by atoms with E-state index in [-0.39, 0.29) is 17.9 Å². The summed E-state index contributed by atoms with van der Waals surface area (Å²) in [6.07, 6.45) is 4.31. The molecule has 8 nitrogen and oxygen atoms in total. The van der Waals surface area contributed by atoms with Crippen LogP contribution in [0.1, 0.15) is 36.3 Å². The number of aromatic nitrogens is 4. The Hall–Kier alpha value is -3.52. The van der Waals surface area contributed by atoms with Crippen molar-refractivity contribution in [3.63, 3.8) is 0 Å². The Bertz CT molecular complexity index is 1490. The molecular weight excluding hydrogens is 462 g/mol. The molecule has 2 fully saturated rings. The Morgan fingerprint density at radius 2 is 2.00 bits per heavy atom. The van der Waals surface area contributed by atoms with Gasteiger partial charge in [-0.25, -0.2) is 0 Å². The molecule has 0 atom stereocenters. The van der Waals surface area contributed by atoms with Gasteiger partial charge in [0.1, 0.15) is 5.82 Å². The van der Waals surface area contributed by atoms with E-state index in [4.69, 9.17) is 17.0 Å². The third-order valence-electron chi connectivity index (χ3n) is 6.85. The average Bonchev–Trinajstić information content (AvgIpc) is 3.51. The Morgan fingerprint density at radius 3 is 2.77 bits per heavy atom. The number of nitrogens with zero attached hydrogens (tertiary/aromatic N) is 6. The summed E-state index contributed by atoms with van der Waals surface area (Å²) in [5.74, 6) is 1.35. The number of hydrogen-bond acceptors (Lipinski definition) is 5. The molecule has 1 N–H and O–H groups in total. The lowest BCUT2D eigenvalue weighted by Gasteiger charge is -2.37. The van der Waals surface area contributed by atoms with E-state index in [1.54, 1.807) is 0 Å². The minimum absolute atomic E-state index is 0.141. The summed E-state index contributed by atoms with van der Waals surface area (Å²) in [7, 11) is 0. The largest absolute Gasteiger partial charge is 0.338 e. The minimum atomic E-state index is 0.141. The molecule has 1 aliphatic heterocycles. The van der Waals surface area contributed by atoms with Gasteiger partial charge in [0.2, 0.25) is 5.91 Å². The molecule has 4 heterocycles. The van der Waals surface area contributed by atoms with Gasteiger partial charge < -0.3 is 14.9 Å². The van der Waals surface area contributed by atoms with Crippen LogP contribution in [0.4, 0.5) is 0 Å². The van der Waals surface area contributed by atoms with E-state index in [1.807, 2.05) is 64.9 Å². The van der Waals surface area contributed by atoms with Gasteiger partial charge in [-0.2, -0.15) is 0 Å². The monoisotopic (exact) mass is 487 g/mol. The highest BCUT2D eigenvalue weighted by Gasteiger charge is 2.38. The second-order valence-corrected chi connectivity index (χ2v) is 9.91. The fourth-order valence-electron chi connectivity index (χ4n) is 4.80. The van der Waals surface area contributed by atoms with Crippen molar-refractivity contribution >= 4 is 46.1 Å². The molecule has 3 aromatic heterocycles. The lowest BCUT2D eigenvalue weighted by molar-refractivity contribution is -0.136. The minimum Gasteiger partial charge on any atom is -0.338 e. The van der Waals surface area contributed by atoms with Gasteiger partial charge in [0.05, 0.1) is 28.5 Å². The van der Waals surface area contributed by atoms with E-state index in [2.05, 4.69) is 19.8 Å². The van der Waals surface area contributed by atoms with Gasteiger partial charge in [-0.15, -0.1) is 10.2 Å². The first-order chi connectivity index (χ1) is 17.0. The number of aliphatic imine (C=N–C) groups is 1. The molecule has 4 aromatic rings. The normalized spacial score (nSPS) is 16.5. The fraction of sp³-hybridized carbons (Fsp3) is 0.346. The first-order valence-electron chi connectivity index (χ1n) is 11.9. The molecule has 1 saturated carbocycles. The first-order valence-corrected chi connectivity index (χ1v) is 12.3. The van der Waals surface area contributed by atoms with E-state index < -0.39 is 0 Å². The number of amides is 1. The maximum atomic E-state index is 12.1. The quantitative estimate of drug-likeness (QED) is 0.397. The highest BCUT2D eigenvalue weighted by molar-refractivity contribution is 6.30. The van der Waals surface area contributed by atoms with Gasteiger partial charge in [0.25, 0.3) is 0 Å². The highest BCUT2D eigenvalue weighted by atomic mass is 35.5. The van der Waals surface area contributed by atoms with Crippen molar-refractivity contribution < 1.29 is 4.79 Å². The first kappa shape index (κ1) is 22.0. The molecule has 2 aliphatic rings. The summed E-state index contributed by atoms with van der Waals surface area (Å²) in [6.45, 7) is 3.91. The summed E-state index contributed by atoms with van der Waals surface area (Å²) >= 11 is 6.24. The maximum absolute atomic E-state index is 12.1. The second kappa shape index (κ2) is 8.61. The zero-order valence-corrected chi connectivity index (χ0v) is 20.2. The van der Waals surface area contributed by atoms with Crippen molar-refractivity contribution in [2.45, 2.75) is 38.8 Å². The predicted octanol–water partition coefficient (Wildman–Crippen LogP) is 4.14. The average molecular weight is 488 g/mol. The summed E-state index contributed by atoms with van der Waals surface area (Å²) < 4.78 is 4.17. The van der Waals surface area contributed by atoms with Crippen molar-refractivity contribution in [1.29, 1.82) is 5.41 Å². The molecule has 6 rings (SSSR count). The van der Waals surface area contributed by atoms with Crippen molar-refractivity contribution in [2.24, 2.45) is 10.9 Å². The van der Waals surface area contributed by atoms with E-state index >= 15 is 0 Å². The van der Waals surface area contributed by atoms with E-state index in [1.165, 1.54) is 0 Å². The Balaban J connectivity index is 1.27.